The second kappa shape index (κ2) is 11.7. The number of ether oxygens (including phenoxy) is 2. The number of halogens is 3. The van der Waals surface area contributed by atoms with Crippen molar-refractivity contribution in [1.82, 2.24) is 0 Å². The minimum Gasteiger partial charge on any atom is -0.484 e. The maximum atomic E-state index is 15.6. The van der Waals surface area contributed by atoms with E-state index < -0.39 is 29.2 Å². The molecular formula is C30H30F2INO3. The Morgan fingerprint density at radius 1 is 1.00 bits per heavy atom. The predicted molar refractivity (Wildman–Crippen MR) is 149 cm³/mol. The average Bonchev–Trinajstić information content (AvgIpc) is 2.83. The minimum absolute atomic E-state index is 0.110. The molecule has 0 aliphatic heterocycles. The number of rotatable bonds is 8. The molecule has 7 heteroatoms. The quantitative estimate of drug-likeness (QED) is 0.116. The summed E-state index contributed by atoms with van der Waals surface area (Å²) >= 11 is 1.83. The van der Waals surface area contributed by atoms with Gasteiger partial charge in [-0.05, 0) is 74.3 Å². The van der Waals surface area contributed by atoms with Gasteiger partial charge in [0.1, 0.15) is 5.60 Å². The molecule has 194 valence electrons. The Morgan fingerprint density at radius 3 is 2.05 bits per heavy atom. The molecule has 1 aliphatic carbocycles. The summed E-state index contributed by atoms with van der Waals surface area (Å²) in [4.78, 5) is 18.2. The van der Waals surface area contributed by atoms with Crippen LogP contribution in [0.1, 0.15) is 56.7 Å². The van der Waals surface area contributed by atoms with Gasteiger partial charge in [0.2, 0.25) is 0 Å². The van der Waals surface area contributed by atoms with Gasteiger partial charge in [-0.15, -0.1) is 0 Å². The van der Waals surface area contributed by atoms with Crippen molar-refractivity contribution in [3.63, 3.8) is 0 Å². The van der Waals surface area contributed by atoms with Crippen LogP contribution in [0.15, 0.2) is 71.7 Å². The molecule has 4 nitrogen and oxygen atoms in total. The molecule has 0 N–H and O–H groups in total. The smallest absolute Gasteiger partial charge is 0.331 e. The molecule has 0 aromatic heterocycles. The lowest BCUT2D eigenvalue weighted by atomic mass is 9.96. The highest BCUT2D eigenvalue weighted by Gasteiger charge is 2.30. The van der Waals surface area contributed by atoms with Gasteiger partial charge in [-0.1, -0.05) is 60.7 Å². The summed E-state index contributed by atoms with van der Waals surface area (Å²) < 4.78 is 42.0. The van der Waals surface area contributed by atoms with E-state index in [9.17, 15) is 9.18 Å². The summed E-state index contributed by atoms with van der Waals surface area (Å²) in [5, 5.41) is 0. The van der Waals surface area contributed by atoms with E-state index in [1.165, 1.54) is 6.07 Å². The molecule has 1 atom stereocenters. The zero-order chi connectivity index (χ0) is 26.6. The fraction of sp³-hybridized carbons (Fsp3) is 0.333. The number of nitrogens with zero attached hydrogens (tertiary/aromatic N) is 1. The molecule has 0 unspecified atom stereocenters. The lowest BCUT2D eigenvalue weighted by Gasteiger charge is -2.27. The van der Waals surface area contributed by atoms with Crippen LogP contribution < -0.4 is 4.74 Å². The van der Waals surface area contributed by atoms with Crippen molar-refractivity contribution in [3.8, 4) is 5.75 Å². The average molecular weight is 617 g/mol. The Balaban J connectivity index is 1.79. The third kappa shape index (κ3) is 6.94. The molecule has 1 aliphatic rings. The normalized spacial score (nSPS) is 14.4. The van der Waals surface area contributed by atoms with E-state index in [1.54, 1.807) is 20.8 Å². The van der Waals surface area contributed by atoms with E-state index in [0.29, 0.717) is 5.71 Å². The van der Waals surface area contributed by atoms with Crippen LogP contribution in [0.5, 0.6) is 5.75 Å². The highest BCUT2D eigenvalue weighted by Crippen LogP contribution is 2.34. The largest absolute Gasteiger partial charge is 0.484 e. The molecule has 1 fully saturated rings. The number of hydrogen-bond acceptors (Lipinski definition) is 4. The van der Waals surface area contributed by atoms with E-state index in [-0.39, 0.29) is 27.4 Å². The lowest BCUT2D eigenvalue weighted by molar-refractivity contribution is -0.156. The summed E-state index contributed by atoms with van der Waals surface area (Å²) in [5.41, 5.74) is 1.59. The van der Waals surface area contributed by atoms with Crippen LogP contribution >= 0.6 is 22.6 Å². The minimum atomic E-state index is -1.07. The first-order valence-corrected chi connectivity index (χ1v) is 13.4. The number of carbonyl (C=O) groups is 1. The van der Waals surface area contributed by atoms with Crippen molar-refractivity contribution in [2.24, 2.45) is 4.99 Å². The first-order chi connectivity index (χ1) is 17.6. The molecule has 0 spiro atoms. The zero-order valence-electron chi connectivity index (χ0n) is 21.1. The van der Waals surface area contributed by atoms with Crippen molar-refractivity contribution in [3.05, 3.63) is 98.6 Å². The van der Waals surface area contributed by atoms with E-state index in [1.807, 2.05) is 83.3 Å². The Labute approximate surface area is 230 Å². The van der Waals surface area contributed by atoms with Crippen molar-refractivity contribution >= 4 is 34.3 Å². The first kappa shape index (κ1) is 27.2. The third-order valence-electron chi connectivity index (χ3n) is 6.00. The van der Waals surface area contributed by atoms with E-state index in [4.69, 9.17) is 14.5 Å². The number of esters is 1. The van der Waals surface area contributed by atoms with E-state index in [2.05, 4.69) is 0 Å². The summed E-state index contributed by atoms with van der Waals surface area (Å²) in [5.74, 6) is -2.49. The van der Waals surface area contributed by atoms with Crippen LogP contribution in [0, 0.1) is 15.2 Å². The maximum Gasteiger partial charge on any atom is 0.331 e. The second-order valence-electron chi connectivity index (χ2n) is 10.1. The molecule has 0 radical (unpaired) electrons. The molecular weight excluding hydrogens is 587 g/mol. The van der Waals surface area contributed by atoms with Crippen molar-refractivity contribution in [1.29, 1.82) is 0 Å². The Morgan fingerprint density at radius 2 is 1.57 bits per heavy atom. The summed E-state index contributed by atoms with van der Waals surface area (Å²) in [6.45, 7) is 5.31. The molecule has 4 rings (SSSR count). The van der Waals surface area contributed by atoms with Crippen molar-refractivity contribution < 1.29 is 23.0 Å². The van der Waals surface area contributed by atoms with Crippen molar-refractivity contribution in [2.45, 2.75) is 64.2 Å². The predicted octanol–water partition coefficient (Wildman–Crippen LogP) is 7.29. The van der Waals surface area contributed by atoms with E-state index >= 15 is 4.39 Å². The molecule has 3 aromatic carbocycles. The Hall–Kier alpha value is -2.81. The third-order valence-corrected chi connectivity index (χ3v) is 6.78. The first-order valence-electron chi connectivity index (χ1n) is 12.4. The SMILES string of the molecule is CC(C)(C)OC(=O)[C@@H](Cc1cc(I)c(F)c(OC2CCC2)c1F)N=C(c1ccccc1)c1ccccc1. The molecule has 0 saturated heterocycles. The summed E-state index contributed by atoms with van der Waals surface area (Å²) in [6.07, 6.45) is 2.20. The monoisotopic (exact) mass is 617 g/mol. The van der Waals surface area contributed by atoms with Gasteiger partial charge in [0, 0.05) is 17.5 Å². The standard InChI is InChI=1S/C30H30F2INO3/c1-30(2,3)37-29(35)24(34-27(19-11-6-4-7-12-19)20-13-8-5-9-14-20)18-21-17-23(33)26(32)28(25(21)31)36-22-15-10-16-22/h4-9,11-14,17,22,24H,10,15-16,18H2,1-3H3/t24-/m1/s1. The van der Waals surface area contributed by atoms with Gasteiger partial charge < -0.3 is 9.47 Å². The highest BCUT2D eigenvalue weighted by atomic mass is 127. The molecule has 1 saturated carbocycles. The number of aliphatic imine (C=N–C) groups is 1. The van der Waals surface area contributed by atoms with Gasteiger partial charge in [0.25, 0.3) is 0 Å². The van der Waals surface area contributed by atoms with Crippen LogP contribution in [0.25, 0.3) is 0 Å². The van der Waals surface area contributed by atoms with Crippen LogP contribution in [0.4, 0.5) is 8.78 Å². The van der Waals surface area contributed by atoms with E-state index in [0.717, 1.165) is 30.4 Å². The van der Waals surface area contributed by atoms with Crippen LogP contribution in [0.3, 0.4) is 0 Å². The lowest BCUT2D eigenvalue weighted by Crippen LogP contribution is -2.33. The summed E-state index contributed by atoms with van der Waals surface area (Å²) in [6, 6.07) is 19.3. The molecule has 0 heterocycles. The highest BCUT2D eigenvalue weighted by molar-refractivity contribution is 14.1. The second-order valence-corrected chi connectivity index (χ2v) is 11.3. The zero-order valence-corrected chi connectivity index (χ0v) is 23.3. The molecule has 3 aromatic rings. The van der Waals surface area contributed by atoms with Gasteiger partial charge in [0.05, 0.1) is 15.4 Å². The fourth-order valence-electron chi connectivity index (χ4n) is 3.96. The van der Waals surface area contributed by atoms with Crippen LogP contribution in [0.2, 0.25) is 0 Å². The molecule has 0 amide bonds. The maximum absolute atomic E-state index is 15.6. The summed E-state index contributed by atoms with van der Waals surface area (Å²) in [7, 11) is 0. The van der Waals surface area contributed by atoms with Crippen LogP contribution in [-0.2, 0) is 16.0 Å². The number of benzene rings is 3. The van der Waals surface area contributed by atoms with Gasteiger partial charge in [-0.3, -0.25) is 4.99 Å². The van der Waals surface area contributed by atoms with Gasteiger partial charge >= 0.3 is 5.97 Å². The fourth-order valence-corrected chi connectivity index (χ4v) is 4.58. The van der Waals surface area contributed by atoms with Crippen molar-refractivity contribution in [2.75, 3.05) is 0 Å². The van der Waals surface area contributed by atoms with Gasteiger partial charge in [0.15, 0.2) is 23.4 Å². The van der Waals surface area contributed by atoms with Gasteiger partial charge in [-0.25, -0.2) is 13.6 Å². The van der Waals surface area contributed by atoms with Crippen LogP contribution in [-0.4, -0.2) is 29.4 Å². The number of hydrogen-bond donors (Lipinski definition) is 0. The Bertz CT molecular complexity index is 1230. The van der Waals surface area contributed by atoms with Gasteiger partial charge in [-0.2, -0.15) is 0 Å². The Kier molecular flexibility index (Phi) is 8.62. The molecule has 0 bridgehead atoms. The number of carbonyl (C=O) groups excluding carboxylic acids is 1. The topological polar surface area (TPSA) is 47.9 Å². The molecule has 37 heavy (non-hydrogen) atoms.